The van der Waals surface area contributed by atoms with Crippen molar-refractivity contribution in [3.63, 3.8) is 0 Å². The minimum absolute atomic E-state index is 0.0160. The Kier molecular flexibility index (Phi) is 7.35. The van der Waals surface area contributed by atoms with E-state index in [4.69, 9.17) is 0 Å². The summed E-state index contributed by atoms with van der Waals surface area (Å²) in [5.74, 6) is -0.435. The molecule has 5 heteroatoms. The van der Waals surface area contributed by atoms with Gasteiger partial charge in [0.1, 0.15) is 0 Å². The topological polar surface area (TPSA) is 70.2 Å². The highest BCUT2D eigenvalue weighted by Gasteiger charge is 2.12. The first-order valence-electron chi connectivity index (χ1n) is 6.92. The molecule has 0 fully saturated rings. The summed E-state index contributed by atoms with van der Waals surface area (Å²) in [7, 11) is 0. The van der Waals surface area contributed by atoms with Gasteiger partial charge in [0.15, 0.2) is 0 Å². The first-order chi connectivity index (χ1) is 9.63. The second kappa shape index (κ2) is 9.09. The van der Waals surface area contributed by atoms with Crippen LogP contribution in [0.15, 0.2) is 30.3 Å². The van der Waals surface area contributed by atoms with Gasteiger partial charge >= 0.3 is 0 Å². The first-order valence-corrected chi connectivity index (χ1v) is 6.92. The van der Waals surface area contributed by atoms with Gasteiger partial charge in [0.2, 0.25) is 11.8 Å². The predicted molar refractivity (Wildman–Crippen MR) is 79.0 cm³/mol. The second-order valence-corrected chi connectivity index (χ2v) is 4.69. The Morgan fingerprint density at radius 3 is 2.50 bits per heavy atom. The van der Waals surface area contributed by atoms with Crippen molar-refractivity contribution in [1.29, 1.82) is 0 Å². The summed E-state index contributed by atoms with van der Waals surface area (Å²) in [5, 5.41) is 8.51. The molecule has 0 saturated heterocycles. The lowest BCUT2D eigenvalue weighted by atomic mass is 10.1. The molecular formula is C15H23N3O2. The fourth-order valence-corrected chi connectivity index (χ4v) is 1.65. The molecule has 0 heterocycles. The van der Waals surface area contributed by atoms with Crippen LogP contribution in [0.3, 0.4) is 0 Å². The summed E-state index contributed by atoms with van der Waals surface area (Å²) >= 11 is 0. The molecule has 1 aromatic rings. The van der Waals surface area contributed by atoms with Gasteiger partial charge in [-0.3, -0.25) is 9.59 Å². The summed E-state index contributed by atoms with van der Waals surface area (Å²) in [6.45, 7) is 5.76. The summed E-state index contributed by atoms with van der Waals surface area (Å²) in [4.78, 5) is 23.3. The smallest absolute Gasteiger partial charge is 0.239 e. The van der Waals surface area contributed by atoms with Gasteiger partial charge in [-0.25, -0.2) is 0 Å². The van der Waals surface area contributed by atoms with Crippen LogP contribution in [0.25, 0.3) is 0 Å². The normalized spacial score (nSPS) is 11.7. The fraction of sp³-hybridized carbons (Fsp3) is 0.467. The largest absolute Gasteiger partial charge is 0.350 e. The van der Waals surface area contributed by atoms with E-state index in [-0.39, 0.29) is 24.3 Å². The number of carbonyl (C=O) groups is 2. The molecule has 1 unspecified atom stereocenters. The molecular weight excluding hydrogens is 254 g/mol. The highest BCUT2D eigenvalue weighted by Crippen LogP contribution is 1.97. The minimum Gasteiger partial charge on any atom is -0.350 e. The molecule has 0 aromatic heterocycles. The quantitative estimate of drug-likeness (QED) is 0.654. The van der Waals surface area contributed by atoms with E-state index in [0.29, 0.717) is 13.1 Å². The molecule has 3 N–H and O–H groups in total. The van der Waals surface area contributed by atoms with Gasteiger partial charge in [0.05, 0.1) is 6.54 Å². The maximum atomic E-state index is 11.7. The van der Waals surface area contributed by atoms with Crippen LogP contribution >= 0.6 is 0 Å². The van der Waals surface area contributed by atoms with E-state index >= 15 is 0 Å². The number of hydrogen-bond donors (Lipinski definition) is 3. The fourth-order valence-electron chi connectivity index (χ4n) is 1.65. The lowest BCUT2D eigenvalue weighted by Gasteiger charge is -2.12. The van der Waals surface area contributed by atoms with Crippen LogP contribution < -0.4 is 16.0 Å². The molecule has 0 aliphatic carbocycles. The van der Waals surface area contributed by atoms with E-state index in [2.05, 4.69) is 16.0 Å². The lowest BCUT2D eigenvalue weighted by molar-refractivity contribution is -0.128. The Balaban J connectivity index is 2.21. The Morgan fingerprint density at radius 2 is 1.85 bits per heavy atom. The molecule has 0 aliphatic heterocycles. The maximum Gasteiger partial charge on any atom is 0.239 e. The molecule has 0 bridgehead atoms. The third kappa shape index (κ3) is 6.33. The second-order valence-electron chi connectivity index (χ2n) is 4.69. The predicted octanol–water partition coefficient (Wildman–Crippen LogP) is 0.665. The van der Waals surface area contributed by atoms with Gasteiger partial charge in [-0.2, -0.15) is 0 Å². The van der Waals surface area contributed by atoms with E-state index in [0.717, 1.165) is 12.1 Å². The highest BCUT2D eigenvalue weighted by molar-refractivity contribution is 5.85. The van der Waals surface area contributed by atoms with Crippen molar-refractivity contribution in [3.8, 4) is 0 Å². The van der Waals surface area contributed by atoms with E-state index < -0.39 is 0 Å². The van der Waals surface area contributed by atoms with Gasteiger partial charge in [0, 0.05) is 19.0 Å². The number of carbonyl (C=O) groups excluding carboxylic acids is 2. The molecule has 0 saturated carbocycles. The Hall–Kier alpha value is -1.88. The zero-order valence-corrected chi connectivity index (χ0v) is 12.1. The van der Waals surface area contributed by atoms with Crippen LogP contribution in [0, 0.1) is 5.92 Å². The highest BCUT2D eigenvalue weighted by atomic mass is 16.2. The number of nitrogens with one attached hydrogen (secondary N) is 3. The molecule has 1 rings (SSSR count). The summed E-state index contributed by atoms with van der Waals surface area (Å²) < 4.78 is 0. The van der Waals surface area contributed by atoms with Crippen molar-refractivity contribution in [2.45, 2.75) is 20.4 Å². The zero-order valence-electron chi connectivity index (χ0n) is 12.1. The molecule has 0 spiro atoms. The van der Waals surface area contributed by atoms with Crippen LogP contribution in [-0.4, -0.2) is 31.4 Å². The van der Waals surface area contributed by atoms with Crippen LogP contribution in [0.4, 0.5) is 0 Å². The number of hydrogen-bond acceptors (Lipinski definition) is 3. The molecule has 2 amide bonds. The van der Waals surface area contributed by atoms with Crippen LogP contribution in [0.2, 0.25) is 0 Å². The van der Waals surface area contributed by atoms with Crippen LogP contribution in [0.1, 0.15) is 19.4 Å². The molecule has 1 atom stereocenters. The van der Waals surface area contributed by atoms with E-state index in [1.165, 1.54) is 0 Å². The monoisotopic (exact) mass is 277 g/mol. The zero-order chi connectivity index (χ0) is 14.8. The lowest BCUT2D eigenvalue weighted by Crippen LogP contribution is -2.41. The van der Waals surface area contributed by atoms with Crippen molar-refractivity contribution < 1.29 is 9.59 Å². The maximum absolute atomic E-state index is 11.7. The van der Waals surface area contributed by atoms with Gasteiger partial charge in [-0.1, -0.05) is 44.2 Å². The van der Waals surface area contributed by atoms with Crippen molar-refractivity contribution in [3.05, 3.63) is 35.9 Å². The summed E-state index contributed by atoms with van der Waals surface area (Å²) in [5.41, 5.74) is 1.03. The standard InChI is InChI=1S/C15H23N3O2/c1-3-16-9-12(2)15(20)18-11-14(19)17-10-13-7-5-4-6-8-13/h4-8,12,16H,3,9-11H2,1-2H3,(H,17,19)(H,18,20). The summed E-state index contributed by atoms with van der Waals surface area (Å²) in [6.07, 6.45) is 0. The molecule has 5 nitrogen and oxygen atoms in total. The minimum atomic E-state index is -0.183. The molecule has 20 heavy (non-hydrogen) atoms. The number of benzene rings is 1. The molecule has 0 radical (unpaired) electrons. The van der Waals surface area contributed by atoms with Gasteiger partial charge < -0.3 is 16.0 Å². The van der Waals surface area contributed by atoms with Gasteiger partial charge in [-0.15, -0.1) is 0 Å². The van der Waals surface area contributed by atoms with Crippen molar-refractivity contribution in [1.82, 2.24) is 16.0 Å². The van der Waals surface area contributed by atoms with E-state index in [1.807, 2.05) is 44.2 Å². The number of amides is 2. The average molecular weight is 277 g/mol. The number of rotatable bonds is 8. The van der Waals surface area contributed by atoms with Crippen molar-refractivity contribution in [2.24, 2.45) is 5.92 Å². The Bertz CT molecular complexity index is 420. The SMILES string of the molecule is CCNCC(C)C(=O)NCC(=O)NCc1ccccc1. The van der Waals surface area contributed by atoms with Crippen LogP contribution in [-0.2, 0) is 16.1 Å². The van der Waals surface area contributed by atoms with Gasteiger partial charge in [0.25, 0.3) is 0 Å². The van der Waals surface area contributed by atoms with E-state index in [9.17, 15) is 9.59 Å². The first kappa shape index (κ1) is 16.2. The Labute approximate surface area is 120 Å². The average Bonchev–Trinajstić information content (AvgIpc) is 2.49. The van der Waals surface area contributed by atoms with Gasteiger partial charge in [-0.05, 0) is 12.1 Å². The Morgan fingerprint density at radius 1 is 1.15 bits per heavy atom. The van der Waals surface area contributed by atoms with Crippen LogP contribution in [0.5, 0.6) is 0 Å². The van der Waals surface area contributed by atoms with Crippen molar-refractivity contribution in [2.75, 3.05) is 19.6 Å². The third-order valence-corrected chi connectivity index (χ3v) is 2.90. The van der Waals surface area contributed by atoms with E-state index in [1.54, 1.807) is 0 Å². The molecule has 0 aliphatic rings. The van der Waals surface area contributed by atoms with Crippen molar-refractivity contribution >= 4 is 11.8 Å². The molecule has 1 aromatic carbocycles. The molecule has 110 valence electrons. The summed E-state index contributed by atoms with van der Waals surface area (Å²) in [6, 6.07) is 9.66. The third-order valence-electron chi connectivity index (χ3n) is 2.90.